The van der Waals surface area contributed by atoms with Crippen LogP contribution in [0.3, 0.4) is 0 Å². The maximum absolute atomic E-state index is 13.1. The number of carbonyl (C=O) groups excluding carboxylic acids is 1. The molecule has 2 aromatic carbocycles. The van der Waals surface area contributed by atoms with Gasteiger partial charge in [-0.3, -0.25) is 4.79 Å². The molecule has 6 heteroatoms. The molecule has 1 atom stereocenters. The minimum absolute atomic E-state index is 0.0391. The number of nitrogens with zero attached hydrogens (tertiary/aromatic N) is 2. The van der Waals surface area contributed by atoms with Crippen LogP contribution in [0.15, 0.2) is 67.3 Å². The molecule has 0 saturated carbocycles. The van der Waals surface area contributed by atoms with Crippen LogP contribution in [0.4, 0.5) is 0 Å². The number of nitrogens with one attached hydrogen (secondary N) is 1. The first kappa shape index (κ1) is 20.2. The monoisotopic (exact) mass is 405 g/mol. The van der Waals surface area contributed by atoms with Crippen molar-refractivity contribution < 1.29 is 14.3 Å². The Kier molecular flexibility index (Phi) is 6.14. The van der Waals surface area contributed by atoms with Gasteiger partial charge in [0.05, 0.1) is 13.4 Å². The predicted octanol–water partition coefficient (Wildman–Crippen LogP) is 3.47. The highest BCUT2D eigenvalue weighted by Gasteiger charge is 2.42. The summed E-state index contributed by atoms with van der Waals surface area (Å²) < 4.78 is 13.5. The highest BCUT2D eigenvalue weighted by molar-refractivity contribution is 5.86. The third kappa shape index (κ3) is 4.39. The Labute approximate surface area is 176 Å². The highest BCUT2D eigenvalue weighted by atomic mass is 16.5. The molecule has 3 aromatic rings. The van der Waals surface area contributed by atoms with Crippen molar-refractivity contribution in [3.8, 4) is 16.9 Å². The number of hydrogen-bond donors (Lipinski definition) is 1. The van der Waals surface area contributed by atoms with E-state index in [1.807, 2.05) is 41.1 Å². The van der Waals surface area contributed by atoms with Crippen molar-refractivity contribution in [3.05, 3.63) is 72.8 Å². The molecule has 4 rings (SSSR count). The molecule has 2 heterocycles. The van der Waals surface area contributed by atoms with Gasteiger partial charge in [-0.05, 0) is 30.0 Å². The minimum Gasteiger partial charge on any atom is -0.496 e. The van der Waals surface area contributed by atoms with Crippen molar-refractivity contribution in [2.75, 3.05) is 20.3 Å². The number of carbonyl (C=O) groups is 1. The molecule has 156 valence electrons. The third-order valence-electron chi connectivity index (χ3n) is 5.57. The van der Waals surface area contributed by atoms with Gasteiger partial charge in [-0.1, -0.05) is 42.5 Å². The lowest BCUT2D eigenvalue weighted by atomic mass is 9.89. The summed E-state index contributed by atoms with van der Waals surface area (Å²) in [6.45, 7) is 1.84. The summed E-state index contributed by atoms with van der Waals surface area (Å²) in [6.07, 6.45) is 7.53. The van der Waals surface area contributed by atoms with Gasteiger partial charge in [-0.15, -0.1) is 0 Å². The van der Waals surface area contributed by atoms with Gasteiger partial charge in [0, 0.05) is 44.1 Å². The maximum atomic E-state index is 13.1. The van der Waals surface area contributed by atoms with Crippen molar-refractivity contribution in [1.29, 1.82) is 0 Å². The number of rotatable bonds is 8. The van der Waals surface area contributed by atoms with Crippen LogP contribution in [0.2, 0.25) is 0 Å². The van der Waals surface area contributed by atoms with E-state index in [0.717, 1.165) is 35.3 Å². The molecule has 1 aliphatic rings. The molecular formula is C24H27N3O3. The summed E-state index contributed by atoms with van der Waals surface area (Å²) in [5.74, 6) is 0.793. The van der Waals surface area contributed by atoms with Crippen LogP contribution in [0, 0.1) is 0 Å². The van der Waals surface area contributed by atoms with Crippen molar-refractivity contribution in [2.45, 2.75) is 31.4 Å². The Morgan fingerprint density at radius 3 is 2.93 bits per heavy atom. The van der Waals surface area contributed by atoms with E-state index >= 15 is 0 Å². The number of para-hydroxylation sites is 1. The lowest BCUT2D eigenvalue weighted by Gasteiger charge is -2.27. The number of methoxy groups -OCH3 is 1. The zero-order valence-electron chi connectivity index (χ0n) is 17.2. The molecule has 0 spiro atoms. The smallest absolute Gasteiger partial charge is 0.252 e. The molecule has 0 unspecified atom stereocenters. The van der Waals surface area contributed by atoms with Crippen LogP contribution in [-0.2, 0) is 22.5 Å². The Bertz CT molecular complexity index is 979. The van der Waals surface area contributed by atoms with Crippen LogP contribution >= 0.6 is 0 Å². The fourth-order valence-corrected chi connectivity index (χ4v) is 4.04. The number of imidazole rings is 1. The van der Waals surface area contributed by atoms with E-state index in [1.54, 1.807) is 19.6 Å². The summed E-state index contributed by atoms with van der Waals surface area (Å²) in [5, 5.41) is 3.06. The molecule has 6 nitrogen and oxygen atoms in total. The average Bonchev–Trinajstić information content (AvgIpc) is 3.47. The van der Waals surface area contributed by atoms with Crippen LogP contribution in [0.5, 0.6) is 5.75 Å². The van der Waals surface area contributed by atoms with Gasteiger partial charge in [0.15, 0.2) is 5.60 Å². The third-order valence-corrected chi connectivity index (χ3v) is 5.57. The second-order valence-corrected chi connectivity index (χ2v) is 7.58. The van der Waals surface area contributed by atoms with Crippen molar-refractivity contribution >= 4 is 5.91 Å². The molecule has 1 fully saturated rings. The molecular weight excluding hydrogens is 378 g/mol. The second-order valence-electron chi connectivity index (χ2n) is 7.58. The standard InChI is InChI=1S/C24H27N3O3/c1-29-22-9-3-2-8-21(22)20-7-4-6-19(16-20)17-24(10-5-15-30-24)23(28)26-12-14-27-13-11-25-18-27/h2-4,6-9,11,13,16,18H,5,10,12,14-15,17H2,1H3,(H,26,28)/t24-/m0/s1. The Balaban J connectivity index is 1.49. The fraction of sp³-hybridized carbons (Fsp3) is 0.333. The van der Waals surface area contributed by atoms with Crippen LogP contribution < -0.4 is 10.1 Å². The first-order valence-electron chi connectivity index (χ1n) is 10.3. The Hall–Kier alpha value is -3.12. The van der Waals surface area contributed by atoms with Crippen LogP contribution in [0.1, 0.15) is 18.4 Å². The molecule has 0 radical (unpaired) electrons. The first-order chi connectivity index (χ1) is 14.7. The average molecular weight is 405 g/mol. The van der Waals surface area contributed by atoms with Gasteiger partial charge in [-0.2, -0.15) is 0 Å². The lowest BCUT2D eigenvalue weighted by molar-refractivity contribution is -0.141. The number of aromatic nitrogens is 2. The molecule has 0 bridgehead atoms. The molecule has 1 amide bonds. The molecule has 1 aliphatic heterocycles. The van der Waals surface area contributed by atoms with Crippen LogP contribution in [0.25, 0.3) is 11.1 Å². The van der Waals surface area contributed by atoms with Gasteiger partial charge < -0.3 is 19.4 Å². The summed E-state index contributed by atoms with van der Waals surface area (Å²) in [6, 6.07) is 16.2. The zero-order chi connectivity index (χ0) is 20.8. The lowest BCUT2D eigenvalue weighted by Crippen LogP contribution is -2.48. The SMILES string of the molecule is COc1ccccc1-c1cccc(C[C@]2(C(=O)NCCn3ccnc3)CCCO2)c1. The molecule has 1 saturated heterocycles. The minimum atomic E-state index is -0.811. The predicted molar refractivity (Wildman–Crippen MR) is 115 cm³/mol. The van der Waals surface area contributed by atoms with E-state index in [1.165, 1.54) is 0 Å². The van der Waals surface area contributed by atoms with E-state index in [9.17, 15) is 4.79 Å². The summed E-state index contributed by atoms with van der Waals surface area (Å²) >= 11 is 0. The number of benzene rings is 2. The van der Waals surface area contributed by atoms with E-state index in [2.05, 4.69) is 28.5 Å². The van der Waals surface area contributed by atoms with Crippen molar-refractivity contribution in [3.63, 3.8) is 0 Å². The van der Waals surface area contributed by atoms with Gasteiger partial charge >= 0.3 is 0 Å². The Morgan fingerprint density at radius 1 is 1.27 bits per heavy atom. The first-order valence-corrected chi connectivity index (χ1v) is 10.3. The molecule has 30 heavy (non-hydrogen) atoms. The van der Waals surface area contributed by atoms with Gasteiger partial charge in [0.2, 0.25) is 0 Å². The van der Waals surface area contributed by atoms with Gasteiger partial charge in [0.1, 0.15) is 5.75 Å². The van der Waals surface area contributed by atoms with Gasteiger partial charge in [0.25, 0.3) is 5.91 Å². The number of amides is 1. The fourth-order valence-electron chi connectivity index (χ4n) is 4.04. The van der Waals surface area contributed by atoms with E-state index in [0.29, 0.717) is 26.1 Å². The van der Waals surface area contributed by atoms with Crippen molar-refractivity contribution in [2.24, 2.45) is 0 Å². The molecule has 1 N–H and O–H groups in total. The zero-order valence-corrected chi connectivity index (χ0v) is 17.2. The van der Waals surface area contributed by atoms with E-state index in [4.69, 9.17) is 9.47 Å². The highest BCUT2D eigenvalue weighted by Crippen LogP contribution is 2.33. The van der Waals surface area contributed by atoms with E-state index < -0.39 is 5.60 Å². The van der Waals surface area contributed by atoms with Crippen LogP contribution in [-0.4, -0.2) is 41.3 Å². The topological polar surface area (TPSA) is 65.4 Å². The summed E-state index contributed by atoms with van der Waals surface area (Å²) in [4.78, 5) is 17.1. The summed E-state index contributed by atoms with van der Waals surface area (Å²) in [5.41, 5.74) is 2.37. The molecule has 1 aromatic heterocycles. The normalized spacial score (nSPS) is 18.3. The van der Waals surface area contributed by atoms with Crippen molar-refractivity contribution in [1.82, 2.24) is 14.9 Å². The maximum Gasteiger partial charge on any atom is 0.252 e. The second kappa shape index (κ2) is 9.13. The van der Waals surface area contributed by atoms with E-state index in [-0.39, 0.29) is 5.91 Å². The quantitative estimate of drug-likeness (QED) is 0.623. The Morgan fingerprint density at radius 2 is 2.17 bits per heavy atom. The van der Waals surface area contributed by atoms with Gasteiger partial charge in [-0.25, -0.2) is 4.98 Å². The summed E-state index contributed by atoms with van der Waals surface area (Å²) in [7, 11) is 1.68. The largest absolute Gasteiger partial charge is 0.496 e. The number of hydrogen-bond acceptors (Lipinski definition) is 4. The number of ether oxygens (including phenoxy) is 2. The molecule has 0 aliphatic carbocycles.